The van der Waals surface area contributed by atoms with Gasteiger partial charge in [0.1, 0.15) is 10.7 Å². The van der Waals surface area contributed by atoms with Crippen LogP contribution in [0.15, 0.2) is 32.7 Å². The van der Waals surface area contributed by atoms with Gasteiger partial charge in [0.2, 0.25) is 0 Å². The maximum atomic E-state index is 11.7. The van der Waals surface area contributed by atoms with Crippen LogP contribution in [0.25, 0.3) is 0 Å². The lowest BCUT2D eigenvalue weighted by Gasteiger charge is -2.14. The number of rotatable bonds is 8. The zero-order valence-electron chi connectivity index (χ0n) is 14.8. The summed E-state index contributed by atoms with van der Waals surface area (Å²) in [4.78, 5) is 11.7. The number of hydrogen-bond acceptors (Lipinski definition) is 6. The first-order valence-corrected chi connectivity index (χ1v) is 9.25. The van der Waals surface area contributed by atoms with E-state index in [4.69, 9.17) is 21.1 Å². The lowest BCUT2D eigenvalue weighted by atomic mass is 10.2. The molecule has 0 bridgehead atoms. The second kappa shape index (κ2) is 9.59. The van der Waals surface area contributed by atoms with Gasteiger partial charge in [0.05, 0.1) is 30.1 Å². The van der Waals surface area contributed by atoms with Gasteiger partial charge >= 0.3 is 0 Å². The Kier molecular flexibility index (Phi) is 7.47. The molecule has 0 saturated heterocycles. The second-order valence-electron chi connectivity index (χ2n) is 5.28. The second-order valence-corrected chi connectivity index (χ2v) is 6.51. The van der Waals surface area contributed by atoms with Crippen molar-refractivity contribution in [2.24, 2.45) is 12.1 Å². The molecular formula is C17H20BrClN4O3. The number of ether oxygens (including phenoxy) is 2. The number of anilines is 1. The molecule has 9 heteroatoms. The van der Waals surface area contributed by atoms with Gasteiger partial charge in [-0.3, -0.25) is 10.2 Å². The monoisotopic (exact) mass is 442 g/mol. The first-order valence-electron chi connectivity index (χ1n) is 8.07. The molecular weight excluding hydrogens is 424 g/mol. The summed E-state index contributed by atoms with van der Waals surface area (Å²) in [6.45, 7) is 5.06. The van der Waals surface area contributed by atoms with Crippen molar-refractivity contribution < 1.29 is 9.47 Å². The number of hydrogen-bond donors (Lipinski definition) is 1. The van der Waals surface area contributed by atoms with Crippen molar-refractivity contribution >= 4 is 39.4 Å². The van der Waals surface area contributed by atoms with Crippen molar-refractivity contribution in [3.8, 4) is 11.5 Å². The molecule has 2 rings (SSSR count). The predicted octanol–water partition coefficient (Wildman–Crippen LogP) is 3.83. The van der Waals surface area contributed by atoms with E-state index in [9.17, 15) is 4.79 Å². The van der Waals surface area contributed by atoms with Crippen LogP contribution in [0.4, 0.5) is 5.69 Å². The minimum absolute atomic E-state index is 0.0270. The summed E-state index contributed by atoms with van der Waals surface area (Å²) in [7, 11) is 1.52. The molecule has 0 aliphatic rings. The first kappa shape index (κ1) is 20.3. The molecule has 1 aromatic heterocycles. The first-order chi connectivity index (χ1) is 12.5. The largest absolute Gasteiger partial charge is 0.490 e. The quantitative estimate of drug-likeness (QED) is 0.495. The van der Waals surface area contributed by atoms with Crippen molar-refractivity contribution in [2.45, 2.75) is 20.3 Å². The van der Waals surface area contributed by atoms with Crippen molar-refractivity contribution in [3.63, 3.8) is 0 Å². The number of nitrogens with zero attached hydrogens (tertiary/aromatic N) is 3. The number of halogens is 2. The minimum Gasteiger partial charge on any atom is -0.490 e. The van der Waals surface area contributed by atoms with E-state index < -0.39 is 5.56 Å². The van der Waals surface area contributed by atoms with Crippen molar-refractivity contribution in [2.75, 3.05) is 18.6 Å². The maximum absolute atomic E-state index is 11.7. The van der Waals surface area contributed by atoms with Gasteiger partial charge in [0.25, 0.3) is 5.56 Å². The van der Waals surface area contributed by atoms with Crippen LogP contribution in [0.2, 0.25) is 5.02 Å². The van der Waals surface area contributed by atoms with Crippen LogP contribution >= 0.6 is 27.5 Å². The summed E-state index contributed by atoms with van der Waals surface area (Å²) in [5, 5.41) is 8.04. The number of aromatic nitrogens is 2. The zero-order valence-corrected chi connectivity index (χ0v) is 17.1. The van der Waals surface area contributed by atoms with Crippen molar-refractivity contribution in [1.29, 1.82) is 0 Å². The molecule has 140 valence electrons. The highest BCUT2D eigenvalue weighted by Gasteiger charge is 2.12. The highest BCUT2D eigenvalue weighted by Crippen LogP contribution is 2.36. The van der Waals surface area contributed by atoms with Gasteiger partial charge in [0, 0.05) is 7.05 Å². The van der Waals surface area contributed by atoms with Gasteiger partial charge in [-0.15, -0.1) is 0 Å². The molecule has 0 unspecified atom stereocenters. The summed E-state index contributed by atoms with van der Waals surface area (Å²) >= 11 is 9.49. The van der Waals surface area contributed by atoms with Gasteiger partial charge < -0.3 is 9.47 Å². The van der Waals surface area contributed by atoms with Gasteiger partial charge in [0.15, 0.2) is 11.5 Å². The summed E-state index contributed by atoms with van der Waals surface area (Å²) in [6, 6.07) is 3.69. The Bertz CT molecular complexity index is 855. The van der Waals surface area contributed by atoms with Gasteiger partial charge in [-0.2, -0.15) is 10.2 Å². The molecule has 0 atom stereocenters. The van der Waals surface area contributed by atoms with Crippen LogP contribution in [-0.4, -0.2) is 29.2 Å². The van der Waals surface area contributed by atoms with Crippen LogP contribution in [-0.2, 0) is 7.05 Å². The Hall–Kier alpha value is -2.06. The van der Waals surface area contributed by atoms with E-state index in [1.807, 2.05) is 26.0 Å². The van der Waals surface area contributed by atoms with E-state index in [1.165, 1.54) is 13.2 Å². The maximum Gasteiger partial charge on any atom is 0.287 e. The molecule has 26 heavy (non-hydrogen) atoms. The highest BCUT2D eigenvalue weighted by atomic mass is 79.9. The Morgan fingerprint density at radius 2 is 2.15 bits per heavy atom. The van der Waals surface area contributed by atoms with E-state index in [-0.39, 0.29) is 5.02 Å². The van der Waals surface area contributed by atoms with Gasteiger partial charge in [-0.05, 0) is 47.0 Å². The summed E-state index contributed by atoms with van der Waals surface area (Å²) < 4.78 is 13.3. The summed E-state index contributed by atoms with van der Waals surface area (Å²) in [5.41, 5.74) is 3.44. The topological polar surface area (TPSA) is 77.7 Å². The Labute approximate surface area is 165 Å². The van der Waals surface area contributed by atoms with E-state index >= 15 is 0 Å². The summed E-state index contributed by atoms with van der Waals surface area (Å²) in [6.07, 6.45) is 3.92. The third-order valence-corrected chi connectivity index (χ3v) is 4.21. The lowest BCUT2D eigenvalue weighted by Crippen LogP contribution is -2.20. The van der Waals surface area contributed by atoms with Crippen LogP contribution in [0.3, 0.4) is 0 Å². The standard InChI is InChI=1S/C17H20BrClN4O3/c1-4-6-26-16-12(18)7-11(8-14(16)25-5-2)9-20-22-13-10-21-23(3)17(24)15(13)19/h7-10,22H,4-6H2,1-3H3/b20-9-. The van der Waals surface area contributed by atoms with Crippen molar-refractivity contribution in [3.05, 3.63) is 43.7 Å². The van der Waals surface area contributed by atoms with Crippen LogP contribution in [0.1, 0.15) is 25.8 Å². The smallest absolute Gasteiger partial charge is 0.287 e. The third kappa shape index (κ3) is 4.98. The van der Waals surface area contributed by atoms with Gasteiger partial charge in [-0.25, -0.2) is 4.68 Å². The predicted molar refractivity (Wildman–Crippen MR) is 107 cm³/mol. The molecule has 0 saturated carbocycles. The lowest BCUT2D eigenvalue weighted by molar-refractivity contribution is 0.275. The number of benzene rings is 1. The fourth-order valence-corrected chi connectivity index (χ4v) is 2.82. The Balaban J connectivity index is 2.22. The average Bonchev–Trinajstić information content (AvgIpc) is 2.61. The Morgan fingerprint density at radius 1 is 1.38 bits per heavy atom. The van der Waals surface area contributed by atoms with Crippen LogP contribution < -0.4 is 20.5 Å². The molecule has 1 aromatic carbocycles. The van der Waals surface area contributed by atoms with Crippen LogP contribution in [0, 0.1) is 0 Å². The number of aryl methyl sites for hydroxylation is 1. The van der Waals surface area contributed by atoms with E-state index in [0.29, 0.717) is 30.4 Å². The highest BCUT2D eigenvalue weighted by molar-refractivity contribution is 9.10. The zero-order chi connectivity index (χ0) is 19.1. The molecule has 7 nitrogen and oxygen atoms in total. The molecule has 2 aromatic rings. The van der Waals surface area contributed by atoms with E-state index in [0.717, 1.165) is 21.1 Å². The molecule has 1 N–H and O–H groups in total. The molecule has 1 heterocycles. The molecule has 0 radical (unpaired) electrons. The number of nitrogens with one attached hydrogen (secondary N) is 1. The van der Waals surface area contributed by atoms with E-state index in [2.05, 4.69) is 31.6 Å². The molecule has 0 fully saturated rings. The van der Waals surface area contributed by atoms with Crippen molar-refractivity contribution in [1.82, 2.24) is 9.78 Å². The fraction of sp³-hybridized carbons (Fsp3) is 0.353. The SMILES string of the molecule is CCCOc1c(Br)cc(/C=N\Nc2cnn(C)c(=O)c2Cl)cc1OCC. The molecule has 0 aliphatic heterocycles. The average molecular weight is 444 g/mol. The molecule has 0 spiro atoms. The summed E-state index contributed by atoms with van der Waals surface area (Å²) in [5.74, 6) is 1.29. The van der Waals surface area contributed by atoms with Gasteiger partial charge in [-0.1, -0.05) is 18.5 Å². The molecule has 0 aliphatic carbocycles. The third-order valence-electron chi connectivity index (χ3n) is 3.26. The van der Waals surface area contributed by atoms with E-state index in [1.54, 1.807) is 6.21 Å². The molecule has 0 amide bonds. The normalized spacial score (nSPS) is 11.0. The number of hydrazone groups is 1. The fourth-order valence-electron chi connectivity index (χ4n) is 2.03. The van der Waals surface area contributed by atoms with Crippen LogP contribution in [0.5, 0.6) is 11.5 Å². The Morgan fingerprint density at radius 3 is 2.85 bits per heavy atom. The minimum atomic E-state index is -0.398.